The van der Waals surface area contributed by atoms with Crippen molar-refractivity contribution in [2.45, 2.75) is 18.9 Å². The molecule has 0 radical (unpaired) electrons. The van der Waals surface area contributed by atoms with Crippen LogP contribution in [0.4, 0.5) is 0 Å². The van der Waals surface area contributed by atoms with Crippen LogP contribution in [-0.2, 0) is 4.79 Å². The molecule has 1 aromatic heterocycles. The molecule has 0 bridgehead atoms. The molecular weight excluding hydrogens is 342 g/mol. The maximum absolute atomic E-state index is 12.5. The molecule has 1 atom stereocenters. The van der Waals surface area contributed by atoms with Gasteiger partial charge in [0.1, 0.15) is 17.0 Å². The number of carbonyl (C=O) groups is 2. The number of benzene rings is 1. The van der Waals surface area contributed by atoms with Crippen LogP contribution in [0, 0.1) is 6.92 Å². The SMILES string of the molecule is COc1ccc(C)cc1-n1ccc(C(=O)NC2(C(=O)O)CCSC2)n1. The van der Waals surface area contributed by atoms with Crippen molar-refractivity contribution in [3.05, 3.63) is 41.7 Å². The summed E-state index contributed by atoms with van der Waals surface area (Å²) in [4.78, 5) is 24.1. The Hall–Kier alpha value is -2.48. The molecule has 1 aliphatic heterocycles. The van der Waals surface area contributed by atoms with Crippen LogP contribution in [0.1, 0.15) is 22.5 Å². The molecular formula is C17H19N3O4S. The average molecular weight is 361 g/mol. The lowest BCUT2D eigenvalue weighted by Gasteiger charge is -2.23. The number of thioether (sulfide) groups is 1. The van der Waals surface area contributed by atoms with Gasteiger partial charge in [-0.15, -0.1) is 0 Å². The third-order valence-corrected chi connectivity index (χ3v) is 5.38. The van der Waals surface area contributed by atoms with Crippen molar-refractivity contribution in [1.29, 1.82) is 0 Å². The van der Waals surface area contributed by atoms with Crippen LogP contribution in [0.3, 0.4) is 0 Å². The van der Waals surface area contributed by atoms with Crippen molar-refractivity contribution < 1.29 is 19.4 Å². The number of nitrogens with one attached hydrogen (secondary N) is 1. The number of methoxy groups -OCH3 is 1. The van der Waals surface area contributed by atoms with Crippen molar-refractivity contribution in [3.63, 3.8) is 0 Å². The van der Waals surface area contributed by atoms with Gasteiger partial charge in [-0.1, -0.05) is 6.07 Å². The predicted octanol–water partition coefficient (Wildman–Crippen LogP) is 1.88. The Balaban J connectivity index is 1.85. The molecule has 1 aliphatic rings. The standard InChI is InChI=1S/C17H19N3O4S/c1-11-3-4-14(24-2)13(9-11)20-7-5-12(19-20)15(21)18-17(16(22)23)6-8-25-10-17/h3-5,7,9H,6,8,10H2,1-2H3,(H,18,21)(H,22,23). The Morgan fingerprint density at radius 2 is 2.20 bits per heavy atom. The predicted molar refractivity (Wildman–Crippen MR) is 94.6 cm³/mol. The van der Waals surface area contributed by atoms with Crippen LogP contribution in [0.25, 0.3) is 5.69 Å². The van der Waals surface area contributed by atoms with Crippen molar-refractivity contribution in [1.82, 2.24) is 15.1 Å². The van der Waals surface area contributed by atoms with Gasteiger partial charge in [-0.2, -0.15) is 16.9 Å². The average Bonchev–Trinajstić information content (AvgIpc) is 3.25. The van der Waals surface area contributed by atoms with Gasteiger partial charge in [0, 0.05) is 11.9 Å². The molecule has 1 amide bonds. The summed E-state index contributed by atoms with van der Waals surface area (Å²) in [6.07, 6.45) is 2.06. The van der Waals surface area contributed by atoms with Crippen molar-refractivity contribution >= 4 is 23.6 Å². The first-order valence-corrected chi connectivity index (χ1v) is 8.95. The van der Waals surface area contributed by atoms with E-state index in [2.05, 4.69) is 10.4 Å². The molecule has 1 fully saturated rings. The number of aliphatic carboxylic acids is 1. The first kappa shape index (κ1) is 17.3. The van der Waals surface area contributed by atoms with Gasteiger partial charge in [0.05, 0.1) is 7.11 Å². The number of carbonyl (C=O) groups excluding carboxylic acids is 1. The topological polar surface area (TPSA) is 93.5 Å². The molecule has 1 saturated heterocycles. The van der Waals surface area contributed by atoms with Gasteiger partial charge in [-0.05, 0) is 42.9 Å². The lowest BCUT2D eigenvalue weighted by Crippen LogP contribution is -2.54. The van der Waals surface area contributed by atoms with Gasteiger partial charge in [0.2, 0.25) is 0 Å². The molecule has 2 heterocycles. The van der Waals surface area contributed by atoms with E-state index < -0.39 is 17.4 Å². The van der Waals surface area contributed by atoms with Gasteiger partial charge < -0.3 is 15.2 Å². The van der Waals surface area contributed by atoms with E-state index in [9.17, 15) is 14.7 Å². The van der Waals surface area contributed by atoms with E-state index in [1.807, 2.05) is 25.1 Å². The fraction of sp³-hybridized carbons (Fsp3) is 0.353. The van der Waals surface area contributed by atoms with Crippen molar-refractivity contribution in [3.8, 4) is 11.4 Å². The Labute approximate surface area is 149 Å². The highest BCUT2D eigenvalue weighted by Gasteiger charge is 2.43. The minimum Gasteiger partial charge on any atom is -0.494 e. The summed E-state index contributed by atoms with van der Waals surface area (Å²) in [5.41, 5.74) is 0.698. The maximum atomic E-state index is 12.5. The van der Waals surface area contributed by atoms with Gasteiger partial charge in [-0.3, -0.25) is 4.79 Å². The van der Waals surface area contributed by atoms with Gasteiger partial charge in [0.25, 0.3) is 5.91 Å². The zero-order valence-electron chi connectivity index (χ0n) is 14.0. The molecule has 7 nitrogen and oxygen atoms in total. The fourth-order valence-electron chi connectivity index (χ4n) is 2.73. The van der Waals surface area contributed by atoms with E-state index in [0.717, 1.165) is 5.56 Å². The summed E-state index contributed by atoms with van der Waals surface area (Å²) >= 11 is 1.52. The highest BCUT2D eigenvalue weighted by molar-refractivity contribution is 7.99. The monoisotopic (exact) mass is 361 g/mol. The van der Waals surface area contributed by atoms with E-state index in [-0.39, 0.29) is 5.69 Å². The second-order valence-electron chi connectivity index (χ2n) is 5.96. The molecule has 1 aromatic carbocycles. The summed E-state index contributed by atoms with van der Waals surface area (Å²) in [7, 11) is 1.57. The highest BCUT2D eigenvalue weighted by Crippen LogP contribution is 2.29. The first-order valence-electron chi connectivity index (χ1n) is 7.79. The van der Waals surface area contributed by atoms with Crippen molar-refractivity contribution in [2.24, 2.45) is 0 Å². The number of aryl methyl sites for hydroxylation is 1. The van der Waals surface area contributed by atoms with E-state index in [4.69, 9.17) is 4.74 Å². The summed E-state index contributed by atoms with van der Waals surface area (Å²) in [6, 6.07) is 7.23. The molecule has 0 aliphatic carbocycles. The van der Waals surface area contributed by atoms with E-state index in [1.165, 1.54) is 11.8 Å². The molecule has 2 aromatic rings. The number of amides is 1. The van der Waals surface area contributed by atoms with Gasteiger partial charge >= 0.3 is 5.97 Å². The molecule has 1 unspecified atom stereocenters. The van der Waals surface area contributed by atoms with E-state index in [1.54, 1.807) is 24.1 Å². The Morgan fingerprint density at radius 1 is 1.40 bits per heavy atom. The molecule has 0 saturated carbocycles. The second-order valence-corrected chi connectivity index (χ2v) is 7.07. The number of hydrogen-bond donors (Lipinski definition) is 2. The minimum atomic E-state index is -1.22. The van der Waals surface area contributed by atoms with Gasteiger partial charge in [0.15, 0.2) is 5.69 Å². The van der Waals surface area contributed by atoms with Crippen molar-refractivity contribution in [2.75, 3.05) is 18.6 Å². The third kappa shape index (κ3) is 3.34. The summed E-state index contributed by atoms with van der Waals surface area (Å²) in [6.45, 7) is 1.95. The zero-order valence-corrected chi connectivity index (χ0v) is 14.8. The van der Waals surface area contributed by atoms with Crippen LogP contribution >= 0.6 is 11.8 Å². The molecule has 25 heavy (non-hydrogen) atoms. The van der Waals surface area contributed by atoms with Crippen LogP contribution in [0.15, 0.2) is 30.5 Å². The summed E-state index contributed by atoms with van der Waals surface area (Å²) in [5, 5.41) is 16.4. The number of rotatable bonds is 5. The second kappa shape index (κ2) is 6.79. The number of carboxylic acid groups (broad SMARTS) is 1. The summed E-state index contributed by atoms with van der Waals surface area (Å²) < 4.78 is 6.89. The Morgan fingerprint density at radius 3 is 2.84 bits per heavy atom. The lowest BCUT2D eigenvalue weighted by molar-refractivity contribution is -0.143. The smallest absolute Gasteiger partial charge is 0.330 e. The Bertz CT molecular complexity index is 812. The van der Waals surface area contributed by atoms with Crippen LogP contribution in [0.2, 0.25) is 0 Å². The molecule has 2 N–H and O–H groups in total. The van der Waals surface area contributed by atoms with Crippen LogP contribution in [0.5, 0.6) is 5.75 Å². The normalized spacial score (nSPS) is 19.6. The molecule has 132 valence electrons. The minimum absolute atomic E-state index is 0.168. The fourth-order valence-corrected chi connectivity index (χ4v) is 4.05. The first-order chi connectivity index (χ1) is 11.9. The number of carboxylic acids is 1. The number of aromatic nitrogens is 2. The van der Waals surface area contributed by atoms with E-state index in [0.29, 0.717) is 29.4 Å². The van der Waals surface area contributed by atoms with Crippen LogP contribution in [-0.4, -0.2) is 50.9 Å². The third-order valence-electron chi connectivity index (χ3n) is 4.19. The number of nitrogens with zero attached hydrogens (tertiary/aromatic N) is 2. The molecule has 8 heteroatoms. The number of hydrogen-bond acceptors (Lipinski definition) is 5. The highest BCUT2D eigenvalue weighted by atomic mass is 32.2. The van der Waals surface area contributed by atoms with Gasteiger partial charge in [-0.25, -0.2) is 9.48 Å². The molecule has 3 rings (SSSR count). The van der Waals surface area contributed by atoms with Crippen LogP contribution < -0.4 is 10.1 Å². The number of ether oxygens (including phenoxy) is 1. The zero-order chi connectivity index (χ0) is 18.0. The largest absolute Gasteiger partial charge is 0.494 e. The quantitative estimate of drug-likeness (QED) is 0.845. The maximum Gasteiger partial charge on any atom is 0.330 e. The summed E-state index contributed by atoms with van der Waals surface area (Å²) in [5.74, 6) is 0.206. The molecule has 0 spiro atoms. The lowest BCUT2D eigenvalue weighted by atomic mass is 9.99. The Kier molecular flexibility index (Phi) is 4.71. The van der Waals surface area contributed by atoms with E-state index >= 15 is 0 Å².